The summed E-state index contributed by atoms with van der Waals surface area (Å²) in [7, 11) is 1.52. The Morgan fingerprint density at radius 2 is 2.08 bits per heavy atom. The number of aliphatic carboxylic acids is 1. The predicted molar refractivity (Wildman–Crippen MR) is 85.4 cm³/mol. The molecule has 2 heterocycles. The van der Waals surface area contributed by atoms with E-state index in [1.165, 1.54) is 12.8 Å². The standard InChI is InChI=1S/C13H22N4O2.C2HF3O2/c1-10(2)16-7-11-4-5-15-17(11)12(8-16)6-14-13(18)9-19-3;3-2(4,5)1(6)7/h4-5,10,12H,6-9H2,1-3H3,(H,14,18);(H,6,7). The topological polar surface area (TPSA) is 96.7 Å². The first-order valence-corrected chi connectivity index (χ1v) is 7.88. The number of aromatic nitrogens is 2. The number of nitrogens with one attached hydrogen (secondary N) is 1. The molecule has 1 aromatic rings. The van der Waals surface area contributed by atoms with E-state index < -0.39 is 12.1 Å². The van der Waals surface area contributed by atoms with Gasteiger partial charge in [0, 0.05) is 39.0 Å². The molecule has 8 nitrogen and oxygen atoms in total. The number of alkyl halides is 3. The number of amides is 1. The van der Waals surface area contributed by atoms with Crippen molar-refractivity contribution in [1.29, 1.82) is 0 Å². The van der Waals surface area contributed by atoms with Crippen molar-refractivity contribution in [2.45, 2.75) is 38.7 Å². The van der Waals surface area contributed by atoms with Crippen LogP contribution < -0.4 is 5.32 Å². The highest BCUT2D eigenvalue weighted by Crippen LogP contribution is 2.21. The van der Waals surface area contributed by atoms with Gasteiger partial charge in [0.1, 0.15) is 6.61 Å². The second-order valence-corrected chi connectivity index (χ2v) is 5.98. The summed E-state index contributed by atoms with van der Waals surface area (Å²) in [5.41, 5.74) is 1.20. The van der Waals surface area contributed by atoms with Crippen molar-refractivity contribution in [2.24, 2.45) is 0 Å². The second kappa shape index (κ2) is 9.53. The summed E-state index contributed by atoms with van der Waals surface area (Å²) in [6, 6.07) is 2.71. The van der Waals surface area contributed by atoms with Crippen LogP contribution in [0, 0.1) is 0 Å². The van der Waals surface area contributed by atoms with Crippen molar-refractivity contribution < 1.29 is 32.6 Å². The van der Waals surface area contributed by atoms with Crippen LogP contribution in [0.5, 0.6) is 0 Å². The number of ether oxygens (including phenoxy) is 1. The highest BCUT2D eigenvalue weighted by Gasteiger charge is 2.38. The Hall–Kier alpha value is -2.14. The highest BCUT2D eigenvalue weighted by molar-refractivity contribution is 5.77. The molecule has 0 bridgehead atoms. The van der Waals surface area contributed by atoms with Gasteiger partial charge in [0.05, 0.1) is 11.7 Å². The number of carboxylic acid groups (broad SMARTS) is 1. The van der Waals surface area contributed by atoms with Gasteiger partial charge in [0.15, 0.2) is 0 Å². The van der Waals surface area contributed by atoms with Gasteiger partial charge in [-0.3, -0.25) is 14.4 Å². The number of rotatable bonds is 5. The Labute approximate surface area is 148 Å². The number of hydrogen-bond acceptors (Lipinski definition) is 5. The molecule has 0 aromatic carbocycles. The van der Waals surface area contributed by atoms with Gasteiger partial charge in [0.2, 0.25) is 5.91 Å². The van der Waals surface area contributed by atoms with Gasteiger partial charge < -0.3 is 15.2 Å². The van der Waals surface area contributed by atoms with Gasteiger partial charge in [-0.05, 0) is 19.9 Å². The summed E-state index contributed by atoms with van der Waals surface area (Å²) in [4.78, 5) is 22.8. The lowest BCUT2D eigenvalue weighted by molar-refractivity contribution is -0.192. The number of halogens is 3. The third-order valence-electron chi connectivity index (χ3n) is 3.69. The van der Waals surface area contributed by atoms with Crippen molar-refractivity contribution in [3.05, 3.63) is 18.0 Å². The molecule has 0 aliphatic carbocycles. The third kappa shape index (κ3) is 6.64. The molecule has 1 amide bonds. The summed E-state index contributed by atoms with van der Waals surface area (Å²) >= 11 is 0. The van der Waals surface area contributed by atoms with Crippen molar-refractivity contribution in [3.63, 3.8) is 0 Å². The average molecular weight is 380 g/mol. The molecule has 1 aromatic heterocycles. The lowest BCUT2D eigenvalue weighted by Gasteiger charge is -2.36. The molecular weight excluding hydrogens is 357 g/mol. The zero-order valence-electron chi connectivity index (χ0n) is 14.8. The molecule has 0 saturated carbocycles. The molecule has 0 fully saturated rings. The van der Waals surface area contributed by atoms with E-state index in [0.29, 0.717) is 12.6 Å². The van der Waals surface area contributed by atoms with E-state index in [9.17, 15) is 18.0 Å². The van der Waals surface area contributed by atoms with Crippen LogP contribution in [0.2, 0.25) is 0 Å². The van der Waals surface area contributed by atoms with Gasteiger partial charge in [-0.2, -0.15) is 18.3 Å². The van der Waals surface area contributed by atoms with Crippen LogP contribution in [-0.2, 0) is 20.9 Å². The van der Waals surface area contributed by atoms with Gasteiger partial charge in [-0.15, -0.1) is 0 Å². The van der Waals surface area contributed by atoms with E-state index in [-0.39, 0.29) is 18.6 Å². The Bertz CT molecular complexity index is 604. The van der Waals surface area contributed by atoms with Crippen LogP contribution in [0.3, 0.4) is 0 Å². The predicted octanol–water partition coefficient (Wildman–Crippen LogP) is 1.04. The molecule has 148 valence electrons. The van der Waals surface area contributed by atoms with Crippen LogP contribution in [0.1, 0.15) is 25.6 Å². The minimum atomic E-state index is -5.08. The summed E-state index contributed by atoms with van der Waals surface area (Å²) in [5, 5.41) is 14.4. The number of hydrogen-bond donors (Lipinski definition) is 2. The molecule has 2 rings (SSSR count). The molecular formula is C15H23F3N4O4. The van der Waals surface area contributed by atoms with Crippen LogP contribution in [0.4, 0.5) is 13.2 Å². The SMILES string of the molecule is COCC(=O)NCC1CN(C(C)C)Cc2ccnn21.O=C(O)C(F)(F)F. The minimum Gasteiger partial charge on any atom is -0.475 e. The van der Waals surface area contributed by atoms with E-state index >= 15 is 0 Å². The molecule has 1 unspecified atom stereocenters. The van der Waals surface area contributed by atoms with Crippen molar-refractivity contribution in [3.8, 4) is 0 Å². The molecule has 1 aliphatic heterocycles. The third-order valence-corrected chi connectivity index (χ3v) is 3.69. The number of carboxylic acids is 1. The molecule has 0 spiro atoms. The van der Waals surface area contributed by atoms with E-state index in [1.807, 2.05) is 16.9 Å². The van der Waals surface area contributed by atoms with E-state index in [4.69, 9.17) is 14.6 Å². The minimum absolute atomic E-state index is 0.0853. The quantitative estimate of drug-likeness (QED) is 0.793. The smallest absolute Gasteiger partial charge is 0.475 e. The lowest BCUT2D eigenvalue weighted by Crippen LogP contribution is -2.45. The van der Waals surface area contributed by atoms with E-state index in [2.05, 4.69) is 29.2 Å². The van der Waals surface area contributed by atoms with Crippen molar-refractivity contribution in [1.82, 2.24) is 20.0 Å². The average Bonchev–Trinajstić information content (AvgIpc) is 3.01. The molecule has 1 aliphatic rings. The number of carbonyl (C=O) groups is 2. The first kappa shape index (κ1) is 21.9. The second-order valence-electron chi connectivity index (χ2n) is 5.98. The Balaban J connectivity index is 0.000000412. The van der Waals surface area contributed by atoms with Gasteiger partial charge in [-0.25, -0.2) is 4.79 Å². The fourth-order valence-electron chi connectivity index (χ4n) is 2.37. The Kier molecular flexibility index (Phi) is 8.03. The Morgan fingerprint density at radius 1 is 1.46 bits per heavy atom. The summed E-state index contributed by atoms with van der Waals surface area (Å²) in [5.74, 6) is -2.84. The van der Waals surface area contributed by atoms with E-state index in [1.54, 1.807) is 0 Å². The molecule has 0 saturated heterocycles. The Morgan fingerprint density at radius 3 is 2.58 bits per heavy atom. The summed E-state index contributed by atoms with van der Waals surface area (Å²) in [6.07, 6.45) is -3.26. The monoisotopic (exact) mass is 380 g/mol. The van der Waals surface area contributed by atoms with Crippen LogP contribution >= 0.6 is 0 Å². The van der Waals surface area contributed by atoms with Crippen molar-refractivity contribution >= 4 is 11.9 Å². The van der Waals surface area contributed by atoms with Crippen LogP contribution in [-0.4, -0.2) is 70.7 Å². The molecule has 11 heteroatoms. The molecule has 0 radical (unpaired) electrons. The fourth-order valence-corrected chi connectivity index (χ4v) is 2.37. The fraction of sp³-hybridized carbons (Fsp3) is 0.667. The normalized spacial score (nSPS) is 17.3. The molecule has 1 atom stereocenters. The maximum Gasteiger partial charge on any atom is 0.490 e. The van der Waals surface area contributed by atoms with Gasteiger partial charge in [0.25, 0.3) is 0 Å². The number of methoxy groups -OCH3 is 1. The van der Waals surface area contributed by atoms with E-state index in [0.717, 1.165) is 13.1 Å². The maximum atomic E-state index is 11.5. The first-order chi connectivity index (χ1) is 12.1. The first-order valence-electron chi connectivity index (χ1n) is 7.88. The lowest BCUT2D eigenvalue weighted by atomic mass is 10.1. The van der Waals surface area contributed by atoms with Gasteiger partial charge in [-0.1, -0.05) is 0 Å². The molecule has 26 heavy (non-hydrogen) atoms. The largest absolute Gasteiger partial charge is 0.490 e. The number of nitrogens with zero attached hydrogens (tertiary/aromatic N) is 3. The zero-order chi connectivity index (χ0) is 19.9. The van der Waals surface area contributed by atoms with Crippen LogP contribution in [0.25, 0.3) is 0 Å². The van der Waals surface area contributed by atoms with Gasteiger partial charge >= 0.3 is 12.1 Å². The number of carbonyl (C=O) groups excluding carboxylic acids is 1. The van der Waals surface area contributed by atoms with Crippen molar-refractivity contribution in [2.75, 3.05) is 26.8 Å². The summed E-state index contributed by atoms with van der Waals surface area (Å²) < 4.78 is 38.6. The maximum absolute atomic E-state index is 11.5. The van der Waals surface area contributed by atoms with Crippen LogP contribution in [0.15, 0.2) is 12.3 Å². The molecule has 2 N–H and O–H groups in total. The number of fused-ring (bicyclic) bond motifs is 1. The zero-order valence-corrected chi connectivity index (χ0v) is 14.8. The summed E-state index contributed by atoms with van der Waals surface area (Å²) in [6.45, 7) is 6.88. The highest BCUT2D eigenvalue weighted by atomic mass is 19.4.